The van der Waals surface area contributed by atoms with Crippen LogP contribution in [0.25, 0.3) is 11.1 Å². The van der Waals surface area contributed by atoms with Gasteiger partial charge >= 0.3 is 12.2 Å². The quantitative estimate of drug-likeness (QED) is 0.113. The van der Waals surface area contributed by atoms with Gasteiger partial charge in [-0.05, 0) is 76.3 Å². The highest BCUT2D eigenvalue weighted by atomic mass is 28.4. The van der Waals surface area contributed by atoms with Crippen LogP contribution in [0.1, 0.15) is 70.6 Å². The van der Waals surface area contributed by atoms with E-state index in [4.69, 9.17) is 9.16 Å². The van der Waals surface area contributed by atoms with E-state index in [1.807, 2.05) is 72.8 Å². The minimum atomic E-state index is -2.45. The van der Waals surface area contributed by atoms with E-state index in [9.17, 15) is 14.7 Å². The Morgan fingerprint density at radius 2 is 1.29 bits per heavy atom. The number of pyridine rings is 1. The van der Waals surface area contributed by atoms with Crippen LogP contribution in [0.4, 0.5) is 9.59 Å². The van der Waals surface area contributed by atoms with Crippen molar-refractivity contribution in [3.8, 4) is 11.1 Å². The number of hydrogen-bond acceptors (Lipinski definition) is 5. The van der Waals surface area contributed by atoms with Crippen molar-refractivity contribution in [1.29, 1.82) is 0 Å². The van der Waals surface area contributed by atoms with E-state index < -0.39 is 38.7 Å². The number of amides is 2. The molecule has 0 fully saturated rings. The molecular formula is C42H55N3O5Si. The third-order valence-corrected chi connectivity index (χ3v) is 14.4. The zero-order valence-electron chi connectivity index (χ0n) is 31.4. The Morgan fingerprint density at radius 3 is 1.82 bits per heavy atom. The van der Waals surface area contributed by atoms with Crippen LogP contribution in [-0.4, -0.2) is 48.8 Å². The summed E-state index contributed by atoms with van der Waals surface area (Å²) in [4.78, 5) is 30.2. The molecule has 4 rings (SSSR count). The van der Waals surface area contributed by atoms with E-state index in [2.05, 4.69) is 94.5 Å². The Morgan fingerprint density at radius 1 is 0.745 bits per heavy atom. The first-order valence-corrected chi connectivity index (χ1v) is 20.6. The number of rotatable bonds is 14. The van der Waals surface area contributed by atoms with Gasteiger partial charge in [-0.25, -0.2) is 9.59 Å². The number of alkyl carbamates (subject to hydrolysis) is 1. The summed E-state index contributed by atoms with van der Waals surface area (Å²) < 4.78 is 13.0. The first kappa shape index (κ1) is 39.3. The standard InChI is InChI=1S/C42H55N3O5Si/c1-41(2,3)38(34-21-19-32(20-22-34)33-23-25-43-26-24-33)36(45-40(48)49-29-31-17-13-10-14-18-31)28-37(50-51(7,8)42(4,5)6)35(44-39(46)47)27-30-15-11-9-12-16-30/h9-26,35-38,44H,27-29H2,1-8H3,(H,45,48)(H,46,47)/t35-,36-,37+,38?/m0/s1. The third kappa shape index (κ3) is 11.5. The zero-order chi connectivity index (χ0) is 37.2. The van der Waals surface area contributed by atoms with E-state index >= 15 is 0 Å². The summed E-state index contributed by atoms with van der Waals surface area (Å²) in [6.07, 6.45) is 2.11. The number of benzene rings is 3. The predicted octanol–water partition coefficient (Wildman–Crippen LogP) is 9.83. The third-order valence-electron chi connectivity index (χ3n) is 9.93. The summed E-state index contributed by atoms with van der Waals surface area (Å²) in [6, 6.07) is 30.8. The molecule has 0 aliphatic rings. The largest absolute Gasteiger partial charge is 0.465 e. The van der Waals surface area contributed by atoms with Gasteiger partial charge in [0.15, 0.2) is 8.32 Å². The molecule has 0 spiro atoms. The first-order chi connectivity index (χ1) is 24.0. The minimum Gasteiger partial charge on any atom is -0.465 e. The van der Waals surface area contributed by atoms with Gasteiger partial charge in [-0.2, -0.15) is 0 Å². The highest BCUT2D eigenvalue weighted by Gasteiger charge is 2.44. The molecule has 1 unspecified atom stereocenters. The molecule has 0 saturated carbocycles. The molecule has 9 heteroatoms. The molecule has 0 bridgehead atoms. The van der Waals surface area contributed by atoms with Crippen molar-refractivity contribution >= 4 is 20.5 Å². The lowest BCUT2D eigenvalue weighted by atomic mass is 9.70. The maximum absolute atomic E-state index is 13.7. The van der Waals surface area contributed by atoms with Gasteiger partial charge in [-0.1, -0.05) is 126 Å². The molecule has 272 valence electrons. The summed E-state index contributed by atoms with van der Waals surface area (Å²) >= 11 is 0. The van der Waals surface area contributed by atoms with E-state index in [0.717, 1.165) is 27.8 Å². The molecule has 0 aliphatic carbocycles. The second-order valence-corrected chi connectivity index (χ2v) is 20.7. The highest BCUT2D eigenvalue weighted by Crippen LogP contribution is 2.42. The number of ether oxygens (including phenoxy) is 1. The lowest BCUT2D eigenvalue weighted by Gasteiger charge is -2.44. The van der Waals surface area contributed by atoms with Gasteiger partial charge in [-0.15, -0.1) is 0 Å². The fraction of sp³-hybridized carbons (Fsp3) is 0.405. The number of aromatic nitrogens is 1. The molecule has 3 aromatic carbocycles. The maximum atomic E-state index is 13.7. The van der Waals surface area contributed by atoms with Crippen LogP contribution < -0.4 is 10.6 Å². The van der Waals surface area contributed by atoms with Crippen LogP contribution in [0.2, 0.25) is 18.1 Å². The Kier molecular flexibility index (Phi) is 13.2. The molecule has 4 atom stereocenters. The van der Waals surface area contributed by atoms with Crippen molar-refractivity contribution in [2.24, 2.45) is 5.41 Å². The van der Waals surface area contributed by atoms with E-state index in [-0.39, 0.29) is 23.0 Å². The molecule has 1 heterocycles. The van der Waals surface area contributed by atoms with Crippen molar-refractivity contribution < 1.29 is 23.9 Å². The molecule has 0 radical (unpaired) electrons. The van der Waals surface area contributed by atoms with Gasteiger partial charge in [0.25, 0.3) is 0 Å². The van der Waals surface area contributed by atoms with Crippen molar-refractivity contribution in [3.05, 3.63) is 126 Å². The van der Waals surface area contributed by atoms with Gasteiger partial charge in [0.1, 0.15) is 6.61 Å². The van der Waals surface area contributed by atoms with Crippen LogP contribution in [-0.2, 0) is 22.2 Å². The molecule has 4 aromatic rings. The molecular weight excluding hydrogens is 655 g/mol. The summed E-state index contributed by atoms with van der Waals surface area (Å²) in [5, 5.41) is 16.0. The first-order valence-electron chi connectivity index (χ1n) is 17.7. The van der Waals surface area contributed by atoms with Crippen molar-refractivity contribution in [3.63, 3.8) is 0 Å². The van der Waals surface area contributed by atoms with Crippen LogP contribution in [0.15, 0.2) is 109 Å². The van der Waals surface area contributed by atoms with E-state index in [0.29, 0.717) is 12.8 Å². The molecule has 0 aliphatic heterocycles. The van der Waals surface area contributed by atoms with Gasteiger partial charge in [0.2, 0.25) is 0 Å². The average molecular weight is 710 g/mol. The zero-order valence-corrected chi connectivity index (χ0v) is 32.4. The molecule has 8 nitrogen and oxygen atoms in total. The lowest BCUT2D eigenvalue weighted by Crippen LogP contribution is -2.55. The van der Waals surface area contributed by atoms with E-state index in [1.54, 1.807) is 12.4 Å². The number of carboxylic acid groups (broad SMARTS) is 1. The summed E-state index contributed by atoms with van der Waals surface area (Å²) in [5.41, 5.74) is 4.72. The van der Waals surface area contributed by atoms with Crippen molar-refractivity contribution in [2.75, 3.05) is 0 Å². The van der Waals surface area contributed by atoms with Gasteiger partial charge in [0, 0.05) is 24.4 Å². The fourth-order valence-corrected chi connectivity index (χ4v) is 7.73. The lowest BCUT2D eigenvalue weighted by molar-refractivity contribution is 0.0882. The fourth-order valence-electron chi connectivity index (χ4n) is 6.36. The monoisotopic (exact) mass is 709 g/mol. The molecule has 2 amide bonds. The van der Waals surface area contributed by atoms with Crippen LogP contribution >= 0.6 is 0 Å². The molecule has 1 aromatic heterocycles. The second kappa shape index (κ2) is 17.2. The van der Waals surface area contributed by atoms with Crippen LogP contribution in [0, 0.1) is 5.41 Å². The Bertz CT molecular complexity index is 1670. The summed E-state index contributed by atoms with van der Waals surface area (Å²) in [5.74, 6) is -0.194. The SMILES string of the molecule is CC(C)(C)C(c1ccc(-c2ccncc2)cc1)[C@H](C[C@@H](O[Si](C)(C)C(C)(C)C)[C@H](Cc1ccccc1)NC(=O)O)NC(=O)OCc1ccccc1. The topological polar surface area (TPSA) is 110 Å². The number of nitrogens with zero attached hydrogens (tertiary/aromatic N) is 1. The number of carbonyl (C=O) groups excluding carboxylic acids is 1. The Balaban J connectivity index is 1.79. The predicted molar refractivity (Wildman–Crippen MR) is 207 cm³/mol. The number of carbonyl (C=O) groups is 2. The maximum Gasteiger partial charge on any atom is 0.407 e. The van der Waals surface area contributed by atoms with Gasteiger partial charge < -0.3 is 24.9 Å². The smallest absolute Gasteiger partial charge is 0.407 e. The second-order valence-electron chi connectivity index (χ2n) is 15.9. The number of nitrogens with one attached hydrogen (secondary N) is 2. The minimum absolute atomic E-state index is 0.126. The van der Waals surface area contributed by atoms with Gasteiger partial charge in [-0.3, -0.25) is 4.98 Å². The van der Waals surface area contributed by atoms with E-state index in [1.165, 1.54) is 0 Å². The molecule has 0 saturated heterocycles. The Hall–Kier alpha value is -4.47. The van der Waals surface area contributed by atoms with Crippen molar-refractivity contribution in [1.82, 2.24) is 15.6 Å². The summed E-state index contributed by atoms with van der Waals surface area (Å²) in [7, 11) is -2.45. The van der Waals surface area contributed by atoms with Crippen LogP contribution in [0.3, 0.4) is 0 Å². The molecule has 3 N–H and O–H groups in total. The normalized spacial score (nSPS) is 14.5. The highest BCUT2D eigenvalue weighted by molar-refractivity contribution is 6.74. The average Bonchev–Trinajstić information content (AvgIpc) is 3.07. The molecule has 51 heavy (non-hydrogen) atoms. The number of hydrogen-bond donors (Lipinski definition) is 3. The van der Waals surface area contributed by atoms with Crippen LogP contribution in [0.5, 0.6) is 0 Å². The Labute approximate surface area is 305 Å². The van der Waals surface area contributed by atoms with Crippen molar-refractivity contribution in [2.45, 2.75) is 103 Å². The van der Waals surface area contributed by atoms with Gasteiger partial charge in [0.05, 0.1) is 12.1 Å². The summed E-state index contributed by atoms with van der Waals surface area (Å²) in [6.45, 7) is 17.5.